The van der Waals surface area contributed by atoms with Crippen LogP contribution in [0.4, 0.5) is 0 Å². The summed E-state index contributed by atoms with van der Waals surface area (Å²) in [5.41, 5.74) is 9.90. The minimum atomic E-state index is -0.0741. The Labute approximate surface area is 178 Å². The molecule has 0 radical (unpaired) electrons. The topological polar surface area (TPSA) is 40.2 Å². The summed E-state index contributed by atoms with van der Waals surface area (Å²) in [5.74, 6) is 0. The maximum atomic E-state index is 5.19. The number of nitrogens with one attached hydrogen (secondary N) is 2. The average molecular weight is 394 g/mol. The molecule has 30 heavy (non-hydrogen) atoms. The highest BCUT2D eigenvalue weighted by Crippen LogP contribution is 2.33. The fraction of sp³-hybridized carbons (Fsp3) is 0.222. The summed E-state index contributed by atoms with van der Waals surface area (Å²) in [6.45, 7) is 2.21. The second-order valence-corrected chi connectivity index (χ2v) is 8.05. The first-order chi connectivity index (χ1) is 14.8. The van der Waals surface area contributed by atoms with E-state index >= 15 is 0 Å². The molecule has 0 saturated heterocycles. The fourth-order valence-electron chi connectivity index (χ4n) is 4.40. The minimum absolute atomic E-state index is 0.0741. The molecule has 1 aliphatic heterocycles. The third-order valence-corrected chi connectivity index (χ3v) is 6.06. The van der Waals surface area contributed by atoms with E-state index in [-0.39, 0.29) is 6.17 Å². The Balaban J connectivity index is 1.53. The van der Waals surface area contributed by atoms with E-state index in [2.05, 4.69) is 84.0 Å². The number of rotatable bonds is 4. The van der Waals surface area contributed by atoms with Crippen LogP contribution in [0.3, 0.4) is 0 Å². The monoisotopic (exact) mass is 393 g/mol. The molecule has 0 fully saturated rings. The van der Waals surface area contributed by atoms with Crippen molar-refractivity contribution in [1.82, 2.24) is 10.3 Å². The van der Waals surface area contributed by atoms with Gasteiger partial charge < -0.3 is 10.3 Å². The molecule has 0 spiro atoms. The summed E-state index contributed by atoms with van der Waals surface area (Å²) in [7, 11) is 0. The van der Waals surface area contributed by atoms with Gasteiger partial charge in [-0.1, -0.05) is 60.7 Å². The van der Waals surface area contributed by atoms with E-state index < -0.39 is 0 Å². The quantitative estimate of drug-likeness (QED) is 0.607. The molecule has 3 aliphatic rings. The largest absolute Gasteiger partial charge is 0.361 e. The van der Waals surface area contributed by atoms with E-state index in [1.807, 2.05) is 12.3 Å². The van der Waals surface area contributed by atoms with Gasteiger partial charge in [-0.25, -0.2) is 0 Å². The molecule has 2 N–H and O–H groups in total. The molecule has 5 rings (SSSR count). The smallest absolute Gasteiger partial charge is 0.145 e. The number of aromatic amines is 1. The number of H-pyrrole nitrogens is 1. The number of aliphatic imine (C=N–C) groups is 1. The van der Waals surface area contributed by atoms with Crippen molar-refractivity contribution in [2.75, 3.05) is 0 Å². The van der Waals surface area contributed by atoms with Gasteiger partial charge >= 0.3 is 0 Å². The van der Waals surface area contributed by atoms with Crippen LogP contribution in [-0.2, 0) is 0 Å². The molecule has 150 valence electrons. The number of allylic oxidation sites excluding steroid dienone is 9. The highest BCUT2D eigenvalue weighted by Gasteiger charge is 2.25. The normalized spacial score (nSPS) is 21.1. The second-order valence-electron chi connectivity index (χ2n) is 8.05. The Morgan fingerprint density at radius 2 is 1.63 bits per heavy atom. The molecule has 2 aromatic rings. The summed E-state index contributed by atoms with van der Waals surface area (Å²) < 4.78 is 0. The van der Waals surface area contributed by atoms with Crippen molar-refractivity contribution in [3.63, 3.8) is 0 Å². The van der Waals surface area contributed by atoms with E-state index in [0.29, 0.717) is 0 Å². The van der Waals surface area contributed by atoms with Crippen molar-refractivity contribution in [2.45, 2.75) is 38.8 Å². The van der Waals surface area contributed by atoms with Crippen LogP contribution >= 0.6 is 0 Å². The summed E-state index contributed by atoms with van der Waals surface area (Å²) in [4.78, 5) is 8.47. The van der Waals surface area contributed by atoms with Crippen LogP contribution in [0, 0.1) is 0 Å². The zero-order chi connectivity index (χ0) is 20.3. The zero-order valence-corrected chi connectivity index (χ0v) is 17.4. The third kappa shape index (κ3) is 3.63. The van der Waals surface area contributed by atoms with E-state index in [0.717, 1.165) is 37.1 Å². The van der Waals surface area contributed by atoms with Gasteiger partial charge in [0.2, 0.25) is 0 Å². The predicted molar refractivity (Wildman–Crippen MR) is 125 cm³/mol. The summed E-state index contributed by atoms with van der Waals surface area (Å²) in [6, 6.07) is 12.9. The lowest BCUT2D eigenvalue weighted by Crippen LogP contribution is -2.30. The second kappa shape index (κ2) is 8.19. The molecule has 3 heteroatoms. The van der Waals surface area contributed by atoms with Crippen LogP contribution in [0.2, 0.25) is 0 Å². The Hall–Kier alpha value is -3.33. The SMILES string of the molecule is CC1=C(C2=CC=CCC2)NC(c2ccc(-c3ccc[nH]3)cc2)N=C1C1=CC=CCC1. The number of nitrogens with zero attached hydrogens (tertiary/aromatic N) is 1. The van der Waals surface area contributed by atoms with Crippen LogP contribution in [0.5, 0.6) is 0 Å². The molecule has 2 aliphatic carbocycles. The first-order valence-corrected chi connectivity index (χ1v) is 10.8. The third-order valence-electron chi connectivity index (χ3n) is 6.06. The van der Waals surface area contributed by atoms with Gasteiger partial charge in [0, 0.05) is 17.6 Å². The molecular formula is C27H27N3. The Kier molecular flexibility index (Phi) is 5.10. The summed E-state index contributed by atoms with van der Waals surface area (Å²) >= 11 is 0. The zero-order valence-electron chi connectivity index (χ0n) is 17.4. The Morgan fingerprint density at radius 1 is 0.900 bits per heavy atom. The highest BCUT2D eigenvalue weighted by molar-refractivity contribution is 6.13. The van der Waals surface area contributed by atoms with Gasteiger partial charge in [0.1, 0.15) is 6.17 Å². The van der Waals surface area contributed by atoms with Gasteiger partial charge in [-0.3, -0.25) is 4.99 Å². The predicted octanol–water partition coefficient (Wildman–Crippen LogP) is 6.55. The molecule has 0 amide bonds. The summed E-state index contributed by atoms with van der Waals surface area (Å²) in [6.07, 6.45) is 19.5. The van der Waals surface area contributed by atoms with Crippen LogP contribution in [0.15, 0.2) is 106 Å². The van der Waals surface area contributed by atoms with Crippen molar-refractivity contribution in [3.8, 4) is 11.3 Å². The van der Waals surface area contributed by atoms with Gasteiger partial charge in [-0.2, -0.15) is 0 Å². The standard InChI is InChI=1S/C27H27N3/c1-19-25(21-9-4-2-5-10-21)29-27(30-26(19)22-11-6-3-7-12-22)23-16-14-20(15-17-23)24-13-8-18-28-24/h2-4,6,8-9,11,13-18,27-29H,5,7,10,12H2,1H3. The molecule has 0 saturated carbocycles. The lowest BCUT2D eigenvalue weighted by molar-refractivity contribution is 0.612. The Morgan fingerprint density at radius 3 is 2.27 bits per heavy atom. The number of hydrogen-bond donors (Lipinski definition) is 2. The molecule has 1 aromatic heterocycles. The number of aromatic nitrogens is 1. The van der Waals surface area contributed by atoms with Crippen LogP contribution in [0.1, 0.15) is 44.3 Å². The molecule has 1 atom stereocenters. The van der Waals surface area contributed by atoms with E-state index in [1.54, 1.807) is 0 Å². The Bertz CT molecular complexity index is 1100. The molecule has 1 aromatic carbocycles. The van der Waals surface area contributed by atoms with Crippen molar-refractivity contribution in [1.29, 1.82) is 0 Å². The van der Waals surface area contributed by atoms with Gasteiger partial charge in [-0.05, 0) is 72.6 Å². The van der Waals surface area contributed by atoms with Crippen molar-refractivity contribution in [3.05, 3.63) is 107 Å². The first kappa shape index (κ1) is 18.7. The van der Waals surface area contributed by atoms with E-state index in [1.165, 1.54) is 33.5 Å². The maximum Gasteiger partial charge on any atom is 0.145 e. The van der Waals surface area contributed by atoms with Gasteiger partial charge in [0.25, 0.3) is 0 Å². The maximum absolute atomic E-state index is 5.19. The fourth-order valence-corrected chi connectivity index (χ4v) is 4.40. The van der Waals surface area contributed by atoms with Crippen molar-refractivity contribution in [2.24, 2.45) is 4.99 Å². The minimum Gasteiger partial charge on any atom is -0.361 e. The molecule has 1 unspecified atom stereocenters. The molecule has 2 heterocycles. The first-order valence-electron chi connectivity index (χ1n) is 10.8. The average Bonchev–Trinajstić information content (AvgIpc) is 3.36. The van der Waals surface area contributed by atoms with Gasteiger partial charge in [-0.15, -0.1) is 0 Å². The summed E-state index contributed by atoms with van der Waals surface area (Å²) in [5, 5.41) is 3.75. The van der Waals surface area contributed by atoms with Crippen molar-refractivity contribution >= 4 is 5.71 Å². The molecular weight excluding hydrogens is 366 g/mol. The van der Waals surface area contributed by atoms with Crippen molar-refractivity contribution < 1.29 is 0 Å². The van der Waals surface area contributed by atoms with E-state index in [9.17, 15) is 0 Å². The number of benzene rings is 1. The van der Waals surface area contributed by atoms with Crippen LogP contribution < -0.4 is 5.32 Å². The van der Waals surface area contributed by atoms with Gasteiger partial charge in [0.15, 0.2) is 0 Å². The lowest BCUT2D eigenvalue weighted by atomic mass is 9.89. The van der Waals surface area contributed by atoms with Crippen LogP contribution in [-0.4, -0.2) is 10.7 Å². The molecule has 3 nitrogen and oxygen atoms in total. The highest BCUT2D eigenvalue weighted by atomic mass is 15.1. The lowest BCUT2D eigenvalue weighted by Gasteiger charge is -2.30. The molecule has 0 bridgehead atoms. The van der Waals surface area contributed by atoms with Crippen LogP contribution in [0.25, 0.3) is 11.3 Å². The van der Waals surface area contributed by atoms with E-state index in [4.69, 9.17) is 4.99 Å². The number of hydrogen-bond acceptors (Lipinski definition) is 2. The van der Waals surface area contributed by atoms with Gasteiger partial charge in [0.05, 0.1) is 5.71 Å².